The molecule has 1 amide bonds. The lowest BCUT2D eigenvalue weighted by Crippen LogP contribution is -2.37. The Morgan fingerprint density at radius 2 is 2.13 bits per heavy atom. The Balaban J connectivity index is 1.67. The molecule has 0 N–H and O–H groups in total. The minimum atomic E-state index is 0.000411. The molecule has 2 aromatic heterocycles. The summed E-state index contributed by atoms with van der Waals surface area (Å²) < 4.78 is 5.25. The molecule has 0 aliphatic rings. The fourth-order valence-electron chi connectivity index (χ4n) is 2.45. The first-order valence-corrected chi connectivity index (χ1v) is 7.49. The van der Waals surface area contributed by atoms with Crippen molar-refractivity contribution in [3.8, 4) is 0 Å². The van der Waals surface area contributed by atoms with Crippen molar-refractivity contribution in [2.24, 2.45) is 0 Å². The smallest absolute Gasteiger partial charge is 0.228 e. The van der Waals surface area contributed by atoms with Crippen LogP contribution in [0.2, 0.25) is 0 Å². The average Bonchev–Trinajstić information content (AvgIpc) is 2.98. The van der Waals surface area contributed by atoms with Crippen LogP contribution < -0.4 is 0 Å². The van der Waals surface area contributed by atoms with Gasteiger partial charge in [0, 0.05) is 43.5 Å². The third-order valence-corrected chi connectivity index (χ3v) is 3.95. The maximum atomic E-state index is 12.5. The van der Waals surface area contributed by atoms with Gasteiger partial charge < -0.3 is 9.42 Å². The molecule has 0 aliphatic carbocycles. The van der Waals surface area contributed by atoms with E-state index in [1.54, 1.807) is 30.5 Å². The summed E-state index contributed by atoms with van der Waals surface area (Å²) in [6.07, 6.45) is 5.90. The number of rotatable bonds is 5. The number of aromatic nitrogens is 3. The molecule has 1 atom stereocenters. The molecule has 0 saturated carbocycles. The number of para-hydroxylation sites is 1. The fraction of sp³-hybridized carbons (Fsp3) is 0.294. The van der Waals surface area contributed by atoms with Crippen molar-refractivity contribution in [1.82, 2.24) is 20.0 Å². The van der Waals surface area contributed by atoms with Gasteiger partial charge in [-0.15, -0.1) is 0 Å². The monoisotopic (exact) mass is 310 g/mol. The molecule has 0 radical (unpaired) electrons. The highest BCUT2D eigenvalue weighted by Gasteiger charge is 2.19. The van der Waals surface area contributed by atoms with Gasteiger partial charge in [0.05, 0.1) is 12.1 Å². The van der Waals surface area contributed by atoms with E-state index in [2.05, 4.69) is 15.1 Å². The van der Waals surface area contributed by atoms with Gasteiger partial charge in [0.2, 0.25) is 5.91 Å². The quantitative estimate of drug-likeness (QED) is 0.722. The number of likely N-dealkylation sites (N-methyl/N-ethyl adjacent to an activating group) is 1. The lowest BCUT2D eigenvalue weighted by Gasteiger charge is -2.24. The highest BCUT2D eigenvalue weighted by Crippen LogP contribution is 2.19. The Labute approximate surface area is 134 Å². The second-order valence-corrected chi connectivity index (χ2v) is 5.56. The van der Waals surface area contributed by atoms with Gasteiger partial charge >= 0.3 is 0 Å². The third kappa shape index (κ3) is 3.36. The zero-order valence-electron chi connectivity index (χ0n) is 13.1. The lowest BCUT2D eigenvalue weighted by molar-refractivity contribution is -0.131. The summed E-state index contributed by atoms with van der Waals surface area (Å²) in [6.45, 7) is 1.99. The van der Waals surface area contributed by atoms with Gasteiger partial charge in [-0.05, 0) is 19.1 Å². The second kappa shape index (κ2) is 6.56. The van der Waals surface area contributed by atoms with Gasteiger partial charge in [-0.1, -0.05) is 17.3 Å². The van der Waals surface area contributed by atoms with E-state index in [9.17, 15) is 4.79 Å². The molecule has 0 bridgehead atoms. The first-order chi connectivity index (χ1) is 11.1. The summed E-state index contributed by atoms with van der Waals surface area (Å²) in [7, 11) is 1.80. The summed E-state index contributed by atoms with van der Waals surface area (Å²) in [6, 6.07) is 7.58. The number of benzene rings is 1. The Kier molecular flexibility index (Phi) is 4.32. The third-order valence-electron chi connectivity index (χ3n) is 3.95. The molecule has 1 aromatic carbocycles. The van der Waals surface area contributed by atoms with Crippen LogP contribution in [0.15, 0.2) is 47.4 Å². The summed E-state index contributed by atoms with van der Waals surface area (Å²) in [4.78, 5) is 22.5. The van der Waals surface area contributed by atoms with Crippen molar-refractivity contribution in [1.29, 1.82) is 0 Å². The van der Waals surface area contributed by atoms with Gasteiger partial charge in [0.25, 0.3) is 0 Å². The van der Waals surface area contributed by atoms with Crippen LogP contribution in [0.1, 0.15) is 18.3 Å². The summed E-state index contributed by atoms with van der Waals surface area (Å²) in [5.41, 5.74) is 2.24. The second-order valence-electron chi connectivity index (χ2n) is 5.56. The topological polar surface area (TPSA) is 72.1 Å². The molecule has 0 fully saturated rings. The molecule has 118 valence electrons. The number of hydrogen-bond donors (Lipinski definition) is 0. The summed E-state index contributed by atoms with van der Waals surface area (Å²) in [5.74, 6) is 0.000411. The normalized spacial score (nSPS) is 12.3. The summed E-state index contributed by atoms with van der Waals surface area (Å²) >= 11 is 0. The number of hydrogen-bond acceptors (Lipinski definition) is 5. The molecule has 6 nitrogen and oxygen atoms in total. The lowest BCUT2D eigenvalue weighted by atomic mass is 10.1. The van der Waals surface area contributed by atoms with Crippen LogP contribution >= 0.6 is 0 Å². The fourth-order valence-corrected chi connectivity index (χ4v) is 2.45. The number of nitrogens with zero attached hydrogens (tertiary/aromatic N) is 4. The van der Waals surface area contributed by atoms with Crippen LogP contribution in [0.25, 0.3) is 11.0 Å². The zero-order chi connectivity index (χ0) is 16.2. The maximum Gasteiger partial charge on any atom is 0.228 e. The van der Waals surface area contributed by atoms with Crippen LogP contribution in [0, 0.1) is 0 Å². The molecule has 2 heterocycles. The zero-order valence-corrected chi connectivity index (χ0v) is 13.1. The van der Waals surface area contributed by atoms with Crippen molar-refractivity contribution in [2.45, 2.75) is 25.8 Å². The highest BCUT2D eigenvalue weighted by molar-refractivity contribution is 5.86. The van der Waals surface area contributed by atoms with Gasteiger partial charge in [-0.25, -0.2) is 0 Å². The Morgan fingerprint density at radius 3 is 2.91 bits per heavy atom. The van der Waals surface area contributed by atoms with Crippen molar-refractivity contribution < 1.29 is 9.32 Å². The number of carbonyl (C=O) groups is 1. The van der Waals surface area contributed by atoms with Crippen LogP contribution in [0.4, 0.5) is 0 Å². The van der Waals surface area contributed by atoms with E-state index in [0.717, 1.165) is 11.1 Å². The Bertz CT molecular complexity index is 800. The summed E-state index contributed by atoms with van der Waals surface area (Å²) in [5, 5.41) is 4.90. The van der Waals surface area contributed by atoms with Crippen molar-refractivity contribution >= 4 is 16.9 Å². The van der Waals surface area contributed by atoms with E-state index in [-0.39, 0.29) is 18.4 Å². The predicted molar refractivity (Wildman–Crippen MR) is 85.7 cm³/mol. The molecule has 3 aromatic rings. The van der Waals surface area contributed by atoms with Gasteiger partial charge in [0.1, 0.15) is 5.69 Å². The van der Waals surface area contributed by atoms with Gasteiger partial charge in [-0.2, -0.15) is 0 Å². The van der Waals surface area contributed by atoms with E-state index in [0.29, 0.717) is 17.7 Å². The van der Waals surface area contributed by atoms with E-state index in [1.165, 1.54) is 0 Å². The number of amides is 1. The molecule has 6 heteroatoms. The van der Waals surface area contributed by atoms with Crippen LogP contribution in [-0.2, 0) is 17.6 Å². The van der Waals surface area contributed by atoms with E-state index >= 15 is 0 Å². The van der Waals surface area contributed by atoms with Gasteiger partial charge in [0.15, 0.2) is 5.58 Å². The minimum Gasteiger partial charge on any atom is -0.356 e. The number of fused-ring (bicyclic) bond motifs is 1. The molecule has 23 heavy (non-hydrogen) atoms. The Hall–Kier alpha value is -2.76. The van der Waals surface area contributed by atoms with E-state index in [1.807, 2.05) is 31.2 Å². The van der Waals surface area contributed by atoms with Crippen LogP contribution in [0.5, 0.6) is 0 Å². The minimum absolute atomic E-state index is 0.000411. The van der Waals surface area contributed by atoms with Crippen LogP contribution in [-0.4, -0.2) is 39.0 Å². The molecular formula is C17H18N4O2. The van der Waals surface area contributed by atoms with Crippen molar-refractivity contribution in [3.63, 3.8) is 0 Å². The average molecular weight is 310 g/mol. The molecule has 0 aliphatic heterocycles. The van der Waals surface area contributed by atoms with Crippen molar-refractivity contribution in [3.05, 3.63) is 54.2 Å². The molecule has 0 spiro atoms. The van der Waals surface area contributed by atoms with Gasteiger partial charge in [-0.3, -0.25) is 14.8 Å². The predicted octanol–water partition coefficient (Wildman–Crippen LogP) is 2.25. The van der Waals surface area contributed by atoms with Crippen molar-refractivity contribution in [2.75, 3.05) is 7.05 Å². The molecule has 0 saturated heterocycles. The maximum absolute atomic E-state index is 12.5. The Morgan fingerprint density at radius 1 is 1.30 bits per heavy atom. The standard InChI is InChI=1S/C17H18N4O2/c1-12(9-13-11-18-7-8-19-13)21(2)17(22)10-15-14-5-3-4-6-16(14)23-20-15/h3-8,11-12H,9-10H2,1-2H3/t12-/m0/s1. The SMILES string of the molecule is C[C@@H](Cc1cnccn1)N(C)C(=O)Cc1noc2ccccc12. The molecular weight excluding hydrogens is 292 g/mol. The molecule has 3 rings (SSSR count). The number of carbonyl (C=O) groups excluding carboxylic acids is 1. The first-order valence-electron chi connectivity index (χ1n) is 7.49. The van der Waals surface area contributed by atoms with Crippen LogP contribution in [0.3, 0.4) is 0 Å². The highest BCUT2D eigenvalue weighted by atomic mass is 16.5. The van der Waals surface area contributed by atoms with E-state index in [4.69, 9.17) is 4.52 Å². The molecule has 0 unspecified atom stereocenters. The van der Waals surface area contributed by atoms with E-state index < -0.39 is 0 Å². The first kappa shape index (κ1) is 15.1. The largest absolute Gasteiger partial charge is 0.356 e.